The summed E-state index contributed by atoms with van der Waals surface area (Å²) in [6.45, 7) is 6.41. The number of nitrogens with zero attached hydrogens (tertiary/aromatic N) is 1. The number of benzene rings is 2. The summed E-state index contributed by atoms with van der Waals surface area (Å²) in [7, 11) is 0. The number of hydrogen-bond acceptors (Lipinski definition) is 4. The van der Waals surface area contributed by atoms with Gasteiger partial charge in [0.05, 0.1) is 0 Å². The molecule has 3 aliphatic rings. The Hall–Kier alpha value is -2.99. The molecule has 3 atom stereocenters. The fraction of sp³-hybridized carbons (Fsp3) is 0.423. The Morgan fingerprint density at radius 1 is 1.16 bits per heavy atom. The summed E-state index contributed by atoms with van der Waals surface area (Å²) in [5.41, 5.74) is 2.72. The van der Waals surface area contributed by atoms with E-state index in [2.05, 4.69) is 70.6 Å². The molecule has 6 nitrogen and oxygen atoms in total. The fourth-order valence-corrected chi connectivity index (χ4v) is 5.73. The van der Waals surface area contributed by atoms with Gasteiger partial charge in [-0.3, -0.25) is 4.90 Å². The van der Waals surface area contributed by atoms with Crippen LogP contribution in [0.15, 0.2) is 61.2 Å². The standard InChI is InChI=1S/C26H31N3O3/c1-2-13-27-25(30)28-21-10-11-26(20-8-9-22-23(15-20)32-18-31-22)12-14-29(24(26)16-21)17-19-6-4-3-5-7-19/h2-9,15,21,24H,1,10-14,16-18H2,(H2,27,28,30). The third kappa shape index (κ3) is 3.95. The van der Waals surface area contributed by atoms with Crippen molar-refractivity contribution < 1.29 is 14.3 Å². The van der Waals surface area contributed by atoms with Crippen LogP contribution >= 0.6 is 0 Å². The highest BCUT2D eigenvalue weighted by Crippen LogP contribution is 2.51. The minimum atomic E-state index is -0.113. The maximum absolute atomic E-state index is 12.3. The van der Waals surface area contributed by atoms with Crippen molar-refractivity contribution in [2.45, 2.75) is 49.7 Å². The van der Waals surface area contributed by atoms with Crippen LogP contribution < -0.4 is 20.1 Å². The van der Waals surface area contributed by atoms with Gasteiger partial charge in [0.25, 0.3) is 0 Å². The normalized spacial score (nSPS) is 26.4. The number of amides is 2. The van der Waals surface area contributed by atoms with E-state index in [4.69, 9.17) is 9.47 Å². The largest absolute Gasteiger partial charge is 0.454 e. The first-order chi connectivity index (χ1) is 15.7. The van der Waals surface area contributed by atoms with Crippen LogP contribution in [-0.4, -0.2) is 42.9 Å². The lowest BCUT2D eigenvalue weighted by Crippen LogP contribution is -2.53. The number of carbonyl (C=O) groups is 1. The molecule has 2 fully saturated rings. The van der Waals surface area contributed by atoms with E-state index in [1.54, 1.807) is 6.08 Å². The second-order valence-electron chi connectivity index (χ2n) is 9.06. The third-order valence-electron chi connectivity index (χ3n) is 7.29. The van der Waals surface area contributed by atoms with Crippen LogP contribution in [0.4, 0.5) is 4.79 Å². The lowest BCUT2D eigenvalue weighted by atomic mass is 9.65. The molecule has 32 heavy (non-hydrogen) atoms. The van der Waals surface area contributed by atoms with Crippen molar-refractivity contribution >= 4 is 6.03 Å². The maximum atomic E-state index is 12.3. The Labute approximate surface area is 189 Å². The number of carbonyl (C=O) groups excluding carboxylic acids is 1. The minimum absolute atomic E-state index is 0.0610. The molecule has 0 aromatic heterocycles. The zero-order valence-corrected chi connectivity index (χ0v) is 18.4. The molecule has 2 aliphatic heterocycles. The molecule has 6 heteroatoms. The number of urea groups is 1. The van der Waals surface area contributed by atoms with Gasteiger partial charge in [-0.2, -0.15) is 0 Å². The third-order valence-corrected chi connectivity index (χ3v) is 7.29. The van der Waals surface area contributed by atoms with Crippen LogP contribution in [0.3, 0.4) is 0 Å². The van der Waals surface area contributed by atoms with Crippen molar-refractivity contribution in [3.05, 3.63) is 72.3 Å². The zero-order chi connectivity index (χ0) is 22.0. The summed E-state index contributed by atoms with van der Waals surface area (Å²) < 4.78 is 11.2. The van der Waals surface area contributed by atoms with E-state index in [0.29, 0.717) is 19.4 Å². The number of hydrogen-bond donors (Lipinski definition) is 2. The molecule has 2 heterocycles. The molecule has 1 saturated carbocycles. The van der Waals surface area contributed by atoms with E-state index in [1.807, 2.05) is 0 Å². The van der Waals surface area contributed by atoms with Gasteiger partial charge in [-0.05, 0) is 55.5 Å². The van der Waals surface area contributed by atoms with Gasteiger partial charge < -0.3 is 20.1 Å². The monoisotopic (exact) mass is 433 g/mol. The molecule has 1 saturated heterocycles. The van der Waals surface area contributed by atoms with E-state index in [-0.39, 0.29) is 17.5 Å². The predicted octanol–water partition coefficient (Wildman–Crippen LogP) is 3.97. The lowest BCUT2D eigenvalue weighted by molar-refractivity contribution is 0.130. The fourth-order valence-electron chi connectivity index (χ4n) is 5.73. The average Bonchev–Trinajstić information content (AvgIpc) is 3.43. The highest BCUT2D eigenvalue weighted by Gasteiger charge is 2.51. The van der Waals surface area contributed by atoms with Crippen LogP contribution in [0.2, 0.25) is 0 Å². The number of rotatable bonds is 6. The molecule has 168 valence electrons. The lowest BCUT2D eigenvalue weighted by Gasteiger charge is -2.45. The van der Waals surface area contributed by atoms with Crippen molar-refractivity contribution in [3.8, 4) is 11.5 Å². The van der Waals surface area contributed by atoms with Crippen molar-refractivity contribution in [3.63, 3.8) is 0 Å². The molecule has 0 spiro atoms. The van der Waals surface area contributed by atoms with Crippen molar-refractivity contribution in [1.82, 2.24) is 15.5 Å². The summed E-state index contributed by atoms with van der Waals surface area (Å²) in [6, 6.07) is 17.5. The Morgan fingerprint density at radius 3 is 2.84 bits per heavy atom. The van der Waals surface area contributed by atoms with Gasteiger partial charge in [0.2, 0.25) is 6.79 Å². The van der Waals surface area contributed by atoms with Crippen LogP contribution in [0.5, 0.6) is 11.5 Å². The van der Waals surface area contributed by atoms with E-state index in [9.17, 15) is 4.79 Å². The molecule has 1 aliphatic carbocycles. The first kappa shape index (κ1) is 20.9. The molecule has 5 rings (SSSR count). The van der Waals surface area contributed by atoms with Crippen molar-refractivity contribution in [2.24, 2.45) is 0 Å². The second kappa shape index (κ2) is 8.87. The van der Waals surface area contributed by atoms with Gasteiger partial charge >= 0.3 is 6.03 Å². The Kier molecular flexibility index (Phi) is 5.79. The topological polar surface area (TPSA) is 62.8 Å². The molecule has 2 amide bonds. The smallest absolute Gasteiger partial charge is 0.315 e. The highest BCUT2D eigenvalue weighted by molar-refractivity contribution is 5.74. The number of likely N-dealkylation sites (tertiary alicyclic amines) is 1. The summed E-state index contributed by atoms with van der Waals surface area (Å²) in [5, 5.41) is 6.04. The summed E-state index contributed by atoms with van der Waals surface area (Å²) >= 11 is 0. The minimum Gasteiger partial charge on any atom is -0.454 e. The summed E-state index contributed by atoms with van der Waals surface area (Å²) in [5.74, 6) is 1.68. The number of ether oxygens (including phenoxy) is 2. The molecule has 0 bridgehead atoms. The SMILES string of the molecule is C=CCNC(=O)NC1CCC2(c3ccc4c(c3)OCO4)CCN(Cc3ccccc3)C2C1. The van der Waals surface area contributed by atoms with Gasteiger partial charge in [0, 0.05) is 30.6 Å². The zero-order valence-electron chi connectivity index (χ0n) is 18.4. The first-order valence-electron chi connectivity index (χ1n) is 11.5. The Balaban J connectivity index is 1.40. The number of fused-ring (bicyclic) bond motifs is 2. The molecule has 2 N–H and O–H groups in total. The molecule has 2 aromatic rings. The molecule has 2 aromatic carbocycles. The molecule has 3 unspecified atom stereocenters. The van der Waals surface area contributed by atoms with Crippen LogP contribution in [0, 0.1) is 0 Å². The Bertz CT molecular complexity index is 980. The molecular weight excluding hydrogens is 402 g/mol. The van der Waals surface area contributed by atoms with E-state index in [0.717, 1.165) is 50.3 Å². The number of nitrogens with one attached hydrogen (secondary N) is 2. The van der Waals surface area contributed by atoms with Gasteiger partial charge in [-0.1, -0.05) is 42.5 Å². The predicted molar refractivity (Wildman–Crippen MR) is 124 cm³/mol. The summed E-state index contributed by atoms with van der Waals surface area (Å²) in [6.07, 6.45) is 5.74. The van der Waals surface area contributed by atoms with Crippen molar-refractivity contribution in [2.75, 3.05) is 19.9 Å². The second-order valence-corrected chi connectivity index (χ2v) is 9.06. The van der Waals surface area contributed by atoms with E-state index >= 15 is 0 Å². The summed E-state index contributed by atoms with van der Waals surface area (Å²) in [4.78, 5) is 14.9. The van der Waals surface area contributed by atoms with Crippen molar-refractivity contribution in [1.29, 1.82) is 0 Å². The molecule has 0 radical (unpaired) electrons. The first-order valence-corrected chi connectivity index (χ1v) is 11.5. The Morgan fingerprint density at radius 2 is 2.00 bits per heavy atom. The van der Waals surface area contributed by atoms with Crippen LogP contribution in [0.1, 0.15) is 36.8 Å². The van der Waals surface area contributed by atoms with Gasteiger partial charge in [-0.25, -0.2) is 4.79 Å². The van der Waals surface area contributed by atoms with Crippen LogP contribution in [-0.2, 0) is 12.0 Å². The van der Waals surface area contributed by atoms with Gasteiger partial charge in [0.15, 0.2) is 11.5 Å². The van der Waals surface area contributed by atoms with Gasteiger partial charge in [0.1, 0.15) is 0 Å². The highest BCUT2D eigenvalue weighted by atomic mass is 16.7. The van der Waals surface area contributed by atoms with Crippen LogP contribution in [0.25, 0.3) is 0 Å². The molecular formula is C26H31N3O3. The van der Waals surface area contributed by atoms with Gasteiger partial charge in [-0.15, -0.1) is 6.58 Å². The average molecular weight is 434 g/mol. The quantitative estimate of drug-likeness (QED) is 0.677. The van der Waals surface area contributed by atoms with E-state index < -0.39 is 0 Å². The maximum Gasteiger partial charge on any atom is 0.315 e. The van der Waals surface area contributed by atoms with E-state index in [1.165, 1.54) is 11.1 Å².